The van der Waals surface area contributed by atoms with Gasteiger partial charge in [-0.25, -0.2) is 0 Å². The number of nitrogens with zero attached hydrogens (tertiary/aromatic N) is 1. The largest absolute Gasteiger partial charge is 0.352 e. The molecule has 0 unspecified atom stereocenters. The first kappa shape index (κ1) is 18.9. The second kappa shape index (κ2) is 9.17. The number of nitrogens with one attached hydrogen (secondary N) is 2. The number of amides is 2. The summed E-state index contributed by atoms with van der Waals surface area (Å²) < 4.78 is 2.50. The minimum Gasteiger partial charge on any atom is -0.352 e. The summed E-state index contributed by atoms with van der Waals surface area (Å²) in [6.45, 7) is 2.54. The van der Waals surface area contributed by atoms with Crippen molar-refractivity contribution in [2.45, 2.75) is 26.3 Å². The standard InChI is InChI=1S/C18H20BrN3O3/c1-13(23)21-16-6-4-5-14(11-16)18(25)20-9-2-3-10-22-12-15(19)7-8-17(22)24/h4-8,11-12H,2-3,9-10H2,1H3,(H,20,25)(H,21,23). The van der Waals surface area contributed by atoms with E-state index in [0.717, 1.165) is 17.3 Å². The summed E-state index contributed by atoms with van der Waals surface area (Å²) in [5.74, 6) is -0.368. The predicted octanol–water partition coefficient (Wildman–Crippen LogP) is 2.78. The molecule has 0 radical (unpaired) electrons. The molecule has 0 aliphatic rings. The maximum absolute atomic E-state index is 12.1. The number of carbonyl (C=O) groups excluding carboxylic acids is 2. The van der Waals surface area contributed by atoms with E-state index >= 15 is 0 Å². The lowest BCUT2D eigenvalue weighted by Gasteiger charge is -2.08. The fourth-order valence-electron chi connectivity index (χ4n) is 2.33. The fourth-order valence-corrected chi connectivity index (χ4v) is 2.71. The molecule has 2 N–H and O–H groups in total. The molecule has 0 aliphatic heterocycles. The Hall–Kier alpha value is -2.41. The number of pyridine rings is 1. The first-order chi connectivity index (χ1) is 12.0. The highest BCUT2D eigenvalue weighted by atomic mass is 79.9. The molecule has 7 heteroatoms. The van der Waals surface area contributed by atoms with E-state index < -0.39 is 0 Å². The minimum absolute atomic E-state index is 0.0398. The van der Waals surface area contributed by atoms with Crippen LogP contribution < -0.4 is 16.2 Å². The smallest absolute Gasteiger partial charge is 0.251 e. The van der Waals surface area contributed by atoms with Crippen LogP contribution in [0.2, 0.25) is 0 Å². The Morgan fingerprint density at radius 1 is 1.16 bits per heavy atom. The van der Waals surface area contributed by atoms with E-state index in [1.54, 1.807) is 41.1 Å². The molecule has 2 rings (SSSR count). The van der Waals surface area contributed by atoms with Crippen LogP contribution in [0.4, 0.5) is 5.69 Å². The monoisotopic (exact) mass is 405 g/mol. The van der Waals surface area contributed by atoms with Crippen LogP contribution in [-0.4, -0.2) is 22.9 Å². The van der Waals surface area contributed by atoms with Crippen LogP contribution in [0.25, 0.3) is 0 Å². The highest BCUT2D eigenvalue weighted by Crippen LogP contribution is 2.10. The molecule has 0 saturated heterocycles. The minimum atomic E-state index is -0.188. The lowest BCUT2D eigenvalue weighted by atomic mass is 10.2. The van der Waals surface area contributed by atoms with Gasteiger partial charge in [0, 0.05) is 48.0 Å². The SMILES string of the molecule is CC(=O)Nc1cccc(C(=O)NCCCCn2cc(Br)ccc2=O)c1. The number of aromatic nitrogens is 1. The molecule has 0 fully saturated rings. The molecule has 25 heavy (non-hydrogen) atoms. The fraction of sp³-hybridized carbons (Fsp3) is 0.278. The first-order valence-corrected chi connectivity index (χ1v) is 8.77. The third kappa shape index (κ3) is 6.19. The Kier molecular flexibility index (Phi) is 6.94. The lowest BCUT2D eigenvalue weighted by molar-refractivity contribution is -0.114. The number of carbonyl (C=O) groups is 2. The first-order valence-electron chi connectivity index (χ1n) is 7.97. The van der Waals surface area contributed by atoms with Crippen LogP contribution in [-0.2, 0) is 11.3 Å². The molecular formula is C18H20BrN3O3. The lowest BCUT2D eigenvalue weighted by Crippen LogP contribution is -2.25. The number of unbranched alkanes of at least 4 members (excludes halogenated alkanes) is 1. The summed E-state index contributed by atoms with van der Waals surface area (Å²) in [4.78, 5) is 34.9. The van der Waals surface area contributed by atoms with Crippen LogP contribution in [0, 0.1) is 0 Å². The summed E-state index contributed by atoms with van der Waals surface area (Å²) in [6.07, 6.45) is 3.30. The van der Waals surface area contributed by atoms with Gasteiger partial charge in [0.1, 0.15) is 0 Å². The Balaban J connectivity index is 1.78. The molecule has 0 atom stereocenters. The number of halogens is 1. The van der Waals surface area contributed by atoms with Gasteiger partial charge >= 0.3 is 0 Å². The second-order valence-electron chi connectivity index (χ2n) is 5.60. The zero-order valence-corrected chi connectivity index (χ0v) is 15.5. The van der Waals surface area contributed by atoms with Gasteiger partial charge in [0.2, 0.25) is 5.91 Å². The molecule has 0 bridgehead atoms. The predicted molar refractivity (Wildman–Crippen MR) is 101 cm³/mol. The quantitative estimate of drug-likeness (QED) is 0.694. The van der Waals surface area contributed by atoms with Crippen molar-refractivity contribution in [2.75, 3.05) is 11.9 Å². The third-order valence-electron chi connectivity index (χ3n) is 3.50. The van der Waals surface area contributed by atoms with E-state index in [4.69, 9.17) is 0 Å². The molecular weight excluding hydrogens is 386 g/mol. The van der Waals surface area contributed by atoms with Crippen molar-refractivity contribution in [3.8, 4) is 0 Å². The van der Waals surface area contributed by atoms with Gasteiger partial charge in [-0.15, -0.1) is 0 Å². The zero-order chi connectivity index (χ0) is 18.2. The van der Waals surface area contributed by atoms with Crippen LogP contribution in [0.15, 0.2) is 51.9 Å². The van der Waals surface area contributed by atoms with E-state index in [2.05, 4.69) is 26.6 Å². The molecule has 0 spiro atoms. The molecule has 1 aromatic carbocycles. The molecule has 1 aromatic heterocycles. The molecule has 2 aromatic rings. The van der Waals surface area contributed by atoms with Gasteiger partial charge in [-0.3, -0.25) is 14.4 Å². The van der Waals surface area contributed by atoms with Crippen molar-refractivity contribution in [3.63, 3.8) is 0 Å². The topological polar surface area (TPSA) is 80.2 Å². The van der Waals surface area contributed by atoms with E-state index in [-0.39, 0.29) is 17.4 Å². The Morgan fingerprint density at radius 2 is 1.96 bits per heavy atom. The van der Waals surface area contributed by atoms with Gasteiger partial charge in [0.05, 0.1) is 0 Å². The van der Waals surface area contributed by atoms with Gasteiger partial charge in [0.15, 0.2) is 0 Å². The number of hydrogen-bond acceptors (Lipinski definition) is 3. The van der Waals surface area contributed by atoms with Gasteiger partial charge in [-0.1, -0.05) is 6.07 Å². The number of anilines is 1. The van der Waals surface area contributed by atoms with Crippen molar-refractivity contribution >= 4 is 33.4 Å². The highest BCUT2D eigenvalue weighted by molar-refractivity contribution is 9.10. The van der Waals surface area contributed by atoms with Gasteiger partial charge < -0.3 is 15.2 Å². The molecule has 0 aliphatic carbocycles. The number of aryl methyl sites for hydroxylation is 1. The summed E-state index contributed by atoms with van der Waals surface area (Å²) in [5, 5.41) is 5.49. The zero-order valence-electron chi connectivity index (χ0n) is 13.9. The van der Waals surface area contributed by atoms with E-state index in [9.17, 15) is 14.4 Å². The maximum atomic E-state index is 12.1. The summed E-state index contributed by atoms with van der Waals surface area (Å²) in [6, 6.07) is 10.0. The molecule has 0 saturated carbocycles. The van der Waals surface area contributed by atoms with Crippen LogP contribution in [0.5, 0.6) is 0 Å². The van der Waals surface area contributed by atoms with Crippen LogP contribution in [0.1, 0.15) is 30.1 Å². The Morgan fingerprint density at radius 3 is 2.72 bits per heavy atom. The molecule has 2 amide bonds. The van der Waals surface area contributed by atoms with Crippen LogP contribution in [0.3, 0.4) is 0 Å². The van der Waals surface area contributed by atoms with Crippen molar-refractivity contribution in [1.29, 1.82) is 0 Å². The van der Waals surface area contributed by atoms with Crippen molar-refractivity contribution in [2.24, 2.45) is 0 Å². The van der Waals surface area contributed by atoms with Crippen molar-refractivity contribution in [1.82, 2.24) is 9.88 Å². The number of benzene rings is 1. The molecule has 1 heterocycles. The summed E-state index contributed by atoms with van der Waals surface area (Å²) in [7, 11) is 0. The van der Waals surface area contributed by atoms with E-state index in [1.165, 1.54) is 13.0 Å². The van der Waals surface area contributed by atoms with Crippen molar-refractivity contribution < 1.29 is 9.59 Å². The van der Waals surface area contributed by atoms with E-state index in [1.807, 2.05) is 0 Å². The van der Waals surface area contributed by atoms with Gasteiger partial charge in [-0.2, -0.15) is 0 Å². The van der Waals surface area contributed by atoms with Gasteiger partial charge in [0.25, 0.3) is 11.5 Å². The summed E-state index contributed by atoms with van der Waals surface area (Å²) >= 11 is 3.34. The number of rotatable bonds is 7. The van der Waals surface area contributed by atoms with Crippen molar-refractivity contribution in [3.05, 3.63) is 63.0 Å². The van der Waals surface area contributed by atoms with E-state index in [0.29, 0.717) is 24.3 Å². The second-order valence-corrected chi connectivity index (χ2v) is 6.52. The maximum Gasteiger partial charge on any atom is 0.251 e. The number of hydrogen-bond donors (Lipinski definition) is 2. The molecule has 132 valence electrons. The van der Waals surface area contributed by atoms with Gasteiger partial charge in [-0.05, 0) is 53.0 Å². The highest BCUT2D eigenvalue weighted by Gasteiger charge is 2.06. The average molecular weight is 406 g/mol. The summed E-state index contributed by atoms with van der Waals surface area (Å²) in [5.41, 5.74) is 1.05. The Bertz CT molecular complexity index is 817. The molecule has 6 nitrogen and oxygen atoms in total. The normalized spacial score (nSPS) is 10.3. The Labute approximate surface area is 154 Å². The average Bonchev–Trinajstić information content (AvgIpc) is 2.57. The third-order valence-corrected chi connectivity index (χ3v) is 3.97. The van der Waals surface area contributed by atoms with Crippen LogP contribution >= 0.6 is 15.9 Å².